The molecule has 0 saturated heterocycles. The van der Waals surface area contributed by atoms with E-state index in [0.29, 0.717) is 18.9 Å². The summed E-state index contributed by atoms with van der Waals surface area (Å²) in [5.41, 5.74) is 0.834. The summed E-state index contributed by atoms with van der Waals surface area (Å²) in [5, 5.41) is 13.5. The Morgan fingerprint density at radius 1 is 1.10 bits per heavy atom. The average Bonchev–Trinajstić information content (AvgIpc) is 2.72. The second-order valence-electron chi connectivity index (χ2n) is 7.43. The summed E-state index contributed by atoms with van der Waals surface area (Å²) >= 11 is 0. The van der Waals surface area contributed by atoms with Crippen LogP contribution in [0.5, 0.6) is 5.75 Å². The predicted molar refractivity (Wildman–Crippen MR) is 111 cm³/mol. The molecule has 0 aliphatic heterocycles. The number of halogens is 1. The molecule has 162 valence electrons. The van der Waals surface area contributed by atoms with Crippen molar-refractivity contribution in [3.05, 3.63) is 70.0 Å². The van der Waals surface area contributed by atoms with Crippen LogP contribution in [-0.2, 0) is 16.1 Å². The highest BCUT2D eigenvalue weighted by molar-refractivity contribution is 5.77. The van der Waals surface area contributed by atoms with Crippen LogP contribution in [0.1, 0.15) is 25.8 Å². The van der Waals surface area contributed by atoms with Crippen LogP contribution in [0, 0.1) is 27.8 Å². The van der Waals surface area contributed by atoms with Crippen LogP contribution < -0.4 is 10.1 Å². The highest BCUT2D eigenvalue weighted by Crippen LogP contribution is 2.19. The minimum Gasteiger partial charge on any atom is -0.493 e. The van der Waals surface area contributed by atoms with Crippen LogP contribution in [0.2, 0.25) is 0 Å². The summed E-state index contributed by atoms with van der Waals surface area (Å²) in [6.07, 6.45) is 0.851. The Balaban J connectivity index is 1.59. The summed E-state index contributed by atoms with van der Waals surface area (Å²) in [7, 11) is 0. The Morgan fingerprint density at radius 3 is 2.40 bits per heavy atom. The smallest absolute Gasteiger partial charge is 0.269 e. The Bertz CT molecular complexity index is 811. The number of hydrogen-bond donors (Lipinski definition) is 1. The van der Waals surface area contributed by atoms with Crippen molar-refractivity contribution in [2.45, 2.75) is 26.9 Å². The molecule has 1 amide bonds. The number of amides is 1. The van der Waals surface area contributed by atoms with E-state index in [1.165, 1.54) is 24.3 Å². The minimum absolute atomic E-state index is 0.0291. The molecule has 0 aliphatic carbocycles. The molecule has 7 nitrogen and oxygen atoms in total. The molecule has 0 heterocycles. The quantitative estimate of drug-likeness (QED) is 0.414. The van der Waals surface area contributed by atoms with E-state index < -0.39 is 4.92 Å². The van der Waals surface area contributed by atoms with Gasteiger partial charge in [-0.05, 0) is 48.1 Å². The molecular weight excluding hydrogens is 391 g/mol. The van der Waals surface area contributed by atoms with Crippen molar-refractivity contribution in [1.82, 2.24) is 5.32 Å². The van der Waals surface area contributed by atoms with Gasteiger partial charge in [0, 0.05) is 18.7 Å². The van der Waals surface area contributed by atoms with Crippen molar-refractivity contribution < 1.29 is 23.6 Å². The van der Waals surface area contributed by atoms with E-state index in [2.05, 4.69) is 12.2 Å². The molecular formula is C22H27FN2O5. The van der Waals surface area contributed by atoms with E-state index >= 15 is 0 Å². The Labute approximate surface area is 175 Å². The van der Waals surface area contributed by atoms with Gasteiger partial charge < -0.3 is 14.8 Å². The number of benzene rings is 2. The highest BCUT2D eigenvalue weighted by atomic mass is 19.1. The number of hydrogen-bond acceptors (Lipinski definition) is 5. The van der Waals surface area contributed by atoms with Gasteiger partial charge >= 0.3 is 0 Å². The fraction of sp³-hybridized carbons (Fsp3) is 0.409. The second-order valence-corrected chi connectivity index (χ2v) is 7.43. The summed E-state index contributed by atoms with van der Waals surface area (Å²) < 4.78 is 23.9. The first-order valence-corrected chi connectivity index (χ1v) is 9.79. The van der Waals surface area contributed by atoms with Gasteiger partial charge in [-0.1, -0.05) is 26.0 Å². The van der Waals surface area contributed by atoms with Gasteiger partial charge in [0.05, 0.1) is 18.1 Å². The number of rotatable bonds is 12. The number of carbonyl (C=O) groups excluding carboxylic acids is 1. The molecule has 0 bridgehead atoms. The molecule has 2 aromatic rings. The van der Waals surface area contributed by atoms with E-state index in [1.54, 1.807) is 24.3 Å². The average molecular weight is 418 g/mol. The van der Waals surface area contributed by atoms with Crippen molar-refractivity contribution in [2.75, 3.05) is 19.8 Å². The van der Waals surface area contributed by atoms with Crippen molar-refractivity contribution in [3.8, 4) is 5.75 Å². The number of carbonyl (C=O) groups is 1. The van der Waals surface area contributed by atoms with Gasteiger partial charge in [0.15, 0.2) is 0 Å². The maximum absolute atomic E-state index is 12.8. The predicted octanol–water partition coefficient (Wildman–Crippen LogP) is 4.11. The van der Waals surface area contributed by atoms with Crippen molar-refractivity contribution >= 4 is 11.6 Å². The molecule has 8 heteroatoms. The van der Waals surface area contributed by atoms with Crippen LogP contribution in [0.25, 0.3) is 0 Å². The lowest BCUT2D eigenvalue weighted by atomic mass is 9.98. The first kappa shape index (κ1) is 23.3. The number of nitrogens with one attached hydrogen (secondary N) is 1. The fourth-order valence-corrected chi connectivity index (χ4v) is 2.92. The van der Waals surface area contributed by atoms with Crippen LogP contribution in [0.15, 0.2) is 48.5 Å². The Kier molecular flexibility index (Phi) is 9.21. The van der Waals surface area contributed by atoms with Gasteiger partial charge in [-0.15, -0.1) is 0 Å². The third-order valence-corrected chi connectivity index (χ3v) is 4.45. The van der Waals surface area contributed by atoms with Crippen LogP contribution >= 0.6 is 0 Å². The maximum atomic E-state index is 12.8. The third-order valence-electron chi connectivity index (χ3n) is 4.45. The first-order valence-electron chi connectivity index (χ1n) is 9.79. The third kappa shape index (κ3) is 8.57. The van der Waals surface area contributed by atoms with Gasteiger partial charge in [-0.2, -0.15) is 0 Å². The number of ether oxygens (including phenoxy) is 2. The van der Waals surface area contributed by atoms with Crippen LogP contribution in [0.4, 0.5) is 10.1 Å². The summed E-state index contributed by atoms with van der Waals surface area (Å²) in [6.45, 7) is 5.30. The van der Waals surface area contributed by atoms with Gasteiger partial charge in [0.1, 0.15) is 18.2 Å². The molecule has 2 aromatic carbocycles. The van der Waals surface area contributed by atoms with Gasteiger partial charge in [0.25, 0.3) is 5.69 Å². The minimum atomic E-state index is -0.448. The lowest BCUT2D eigenvalue weighted by molar-refractivity contribution is -0.384. The van der Waals surface area contributed by atoms with Crippen LogP contribution in [0.3, 0.4) is 0 Å². The molecule has 0 saturated carbocycles. The summed E-state index contributed by atoms with van der Waals surface area (Å²) in [5.74, 6) is 0.589. The van der Waals surface area contributed by atoms with Gasteiger partial charge in [-0.25, -0.2) is 4.39 Å². The van der Waals surface area contributed by atoms with Crippen molar-refractivity contribution in [1.29, 1.82) is 0 Å². The molecule has 1 N–H and O–H groups in total. The molecule has 0 spiro atoms. The van der Waals surface area contributed by atoms with E-state index in [-0.39, 0.29) is 42.5 Å². The lowest BCUT2D eigenvalue weighted by Gasteiger charge is -2.18. The standard InChI is InChI=1S/C22H27FN2O5/c1-16(11-17(2)13-30-21-9-7-20(8-10-21)25(27)28)12-24-22(26)15-29-14-18-3-5-19(23)6-4-18/h3-10,16-17H,11-15H2,1-2H3,(H,24,26). The second kappa shape index (κ2) is 11.9. The SMILES string of the molecule is CC(CNC(=O)COCc1ccc(F)cc1)CC(C)COc1ccc([N+](=O)[O-])cc1. The summed E-state index contributed by atoms with van der Waals surface area (Å²) in [4.78, 5) is 22.1. The molecule has 0 aliphatic rings. The van der Waals surface area contributed by atoms with Crippen molar-refractivity contribution in [2.24, 2.45) is 11.8 Å². The first-order chi connectivity index (χ1) is 14.3. The largest absolute Gasteiger partial charge is 0.493 e. The fourth-order valence-electron chi connectivity index (χ4n) is 2.92. The molecule has 0 fully saturated rings. The molecule has 2 atom stereocenters. The maximum Gasteiger partial charge on any atom is 0.269 e. The van der Waals surface area contributed by atoms with E-state index in [1.807, 2.05) is 6.92 Å². The van der Waals surface area contributed by atoms with Crippen molar-refractivity contribution in [3.63, 3.8) is 0 Å². The van der Waals surface area contributed by atoms with E-state index in [0.717, 1.165) is 12.0 Å². The van der Waals surface area contributed by atoms with Crippen LogP contribution in [-0.4, -0.2) is 30.6 Å². The zero-order valence-electron chi connectivity index (χ0n) is 17.2. The topological polar surface area (TPSA) is 90.7 Å². The molecule has 0 radical (unpaired) electrons. The Morgan fingerprint density at radius 2 is 1.77 bits per heavy atom. The number of non-ortho nitro benzene ring substituents is 1. The zero-order chi connectivity index (χ0) is 21.9. The number of nitro groups is 1. The molecule has 0 aromatic heterocycles. The molecule has 2 unspecified atom stereocenters. The van der Waals surface area contributed by atoms with Gasteiger partial charge in [0.2, 0.25) is 5.91 Å². The normalized spacial score (nSPS) is 12.8. The molecule has 30 heavy (non-hydrogen) atoms. The number of nitrogens with zero attached hydrogens (tertiary/aromatic N) is 1. The number of nitro benzene ring substituents is 1. The highest BCUT2D eigenvalue weighted by Gasteiger charge is 2.12. The van der Waals surface area contributed by atoms with Gasteiger partial charge in [-0.3, -0.25) is 14.9 Å². The van der Waals surface area contributed by atoms with E-state index in [9.17, 15) is 19.3 Å². The Hall–Kier alpha value is -3.00. The lowest BCUT2D eigenvalue weighted by Crippen LogP contribution is -2.32. The monoisotopic (exact) mass is 418 g/mol. The zero-order valence-corrected chi connectivity index (χ0v) is 17.2. The van der Waals surface area contributed by atoms with E-state index in [4.69, 9.17) is 9.47 Å². The summed E-state index contributed by atoms with van der Waals surface area (Å²) in [6, 6.07) is 11.9. The molecule has 2 rings (SSSR count).